The minimum Gasteiger partial charge on any atom is -0.495 e. The second-order valence-electron chi connectivity index (χ2n) is 11.0. The molecule has 2 aromatic carbocycles. The molecule has 200 valence electrons. The minimum atomic E-state index is -0.998. The summed E-state index contributed by atoms with van der Waals surface area (Å²) in [5.41, 5.74) is 1.48. The second kappa shape index (κ2) is 9.12. The summed E-state index contributed by atoms with van der Waals surface area (Å²) in [5, 5.41) is 0. The van der Waals surface area contributed by atoms with Crippen molar-refractivity contribution < 1.29 is 28.6 Å². The van der Waals surface area contributed by atoms with Crippen LogP contribution in [0.25, 0.3) is 0 Å². The number of piperidine rings is 1. The van der Waals surface area contributed by atoms with E-state index in [1.807, 2.05) is 47.4 Å². The number of fused-ring (bicyclic) bond motifs is 1. The largest absolute Gasteiger partial charge is 0.495 e. The Morgan fingerprint density at radius 1 is 0.974 bits per heavy atom. The molecule has 0 N–H and O–H groups in total. The van der Waals surface area contributed by atoms with E-state index in [2.05, 4.69) is 11.0 Å². The Labute approximate surface area is 222 Å². The van der Waals surface area contributed by atoms with Crippen molar-refractivity contribution in [2.24, 2.45) is 5.41 Å². The fourth-order valence-electron chi connectivity index (χ4n) is 8.39. The molecule has 5 atom stereocenters. The monoisotopic (exact) mass is 518 g/mol. The van der Waals surface area contributed by atoms with E-state index in [1.165, 1.54) is 14.0 Å². The highest BCUT2D eigenvalue weighted by Gasteiger charge is 2.72. The molecule has 0 aromatic heterocycles. The lowest BCUT2D eigenvalue weighted by Gasteiger charge is -2.59. The third-order valence-electron chi connectivity index (χ3n) is 9.51. The Morgan fingerprint density at radius 2 is 1.76 bits per heavy atom. The van der Waals surface area contributed by atoms with E-state index >= 15 is 0 Å². The van der Waals surface area contributed by atoms with Crippen LogP contribution in [0.4, 0.5) is 5.69 Å². The maximum atomic E-state index is 14.2. The number of ether oxygens (including phenoxy) is 3. The molecular formula is C30H34N2O6. The Kier molecular flexibility index (Phi) is 5.98. The Balaban J connectivity index is 1.56. The molecule has 0 bridgehead atoms. The summed E-state index contributed by atoms with van der Waals surface area (Å²) < 4.78 is 16.9. The Bertz CT molecular complexity index is 1280. The average Bonchev–Trinajstić information content (AvgIpc) is 3.48. The first-order chi connectivity index (χ1) is 18.4. The van der Waals surface area contributed by atoms with Crippen LogP contribution in [0.15, 0.2) is 48.5 Å². The minimum absolute atomic E-state index is 0.0514. The van der Waals surface area contributed by atoms with Crippen LogP contribution in [0.5, 0.6) is 5.75 Å². The van der Waals surface area contributed by atoms with Crippen LogP contribution in [0.1, 0.15) is 54.9 Å². The lowest BCUT2D eigenvalue weighted by Crippen LogP contribution is -2.69. The fourth-order valence-corrected chi connectivity index (χ4v) is 8.39. The second-order valence-corrected chi connectivity index (χ2v) is 11.0. The molecule has 1 saturated carbocycles. The number of amides is 1. The van der Waals surface area contributed by atoms with Crippen LogP contribution in [0.2, 0.25) is 0 Å². The van der Waals surface area contributed by atoms with Crippen molar-refractivity contribution in [3.8, 4) is 5.75 Å². The van der Waals surface area contributed by atoms with E-state index in [0.29, 0.717) is 24.2 Å². The number of benzene rings is 2. The Morgan fingerprint density at radius 3 is 2.47 bits per heavy atom. The summed E-state index contributed by atoms with van der Waals surface area (Å²) in [4.78, 5) is 44.1. The molecule has 2 saturated heterocycles. The van der Waals surface area contributed by atoms with E-state index in [4.69, 9.17) is 14.2 Å². The smallest absolute Gasteiger partial charge is 0.347 e. The van der Waals surface area contributed by atoms with E-state index in [9.17, 15) is 14.4 Å². The van der Waals surface area contributed by atoms with Gasteiger partial charge in [0.25, 0.3) is 5.91 Å². The summed E-state index contributed by atoms with van der Waals surface area (Å²) >= 11 is 0. The molecule has 38 heavy (non-hydrogen) atoms. The third-order valence-corrected chi connectivity index (χ3v) is 9.51. The highest BCUT2D eigenvalue weighted by atomic mass is 16.6. The van der Waals surface area contributed by atoms with Gasteiger partial charge in [0.15, 0.2) is 0 Å². The normalized spacial score (nSPS) is 30.0. The number of rotatable bonds is 5. The van der Waals surface area contributed by atoms with Gasteiger partial charge in [-0.2, -0.15) is 0 Å². The van der Waals surface area contributed by atoms with Gasteiger partial charge >= 0.3 is 11.9 Å². The number of carbonyl (C=O) groups excluding carboxylic acids is 3. The molecule has 0 radical (unpaired) electrons. The number of para-hydroxylation sites is 1. The average molecular weight is 519 g/mol. The van der Waals surface area contributed by atoms with E-state index < -0.39 is 28.9 Å². The highest BCUT2D eigenvalue weighted by molar-refractivity contribution is 6.09. The number of carbonyl (C=O) groups is 3. The van der Waals surface area contributed by atoms with Gasteiger partial charge in [0.2, 0.25) is 6.10 Å². The van der Waals surface area contributed by atoms with Crippen molar-refractivity contribution in [1.29, 1.82) is 0 Å². The molecule has 3 heterocycles. The topological polar surface area (TPSA) is 85.4 Å². The molecule has 3 aliphatic heterocycles. The quantitative estimate of drug-likeness (QED) is 0.558. The van der Waals surface area contributed by atoms with Crippen LogP contribution in [-0.2, 0) is 24.5 Å². The Hall–Kier alpha value is -3.39. The lowest BCUT2D eigenvalue weighted by molar-refractivity contribution is -0.188. The van der Waals surface area contributed by atoms with Crippen molar-refractivity contribution >= 4 is 23.5 Å². The molecule has 1 amide bonds. The third kappa shape index (κ3) is 3.28. The number of hydrogen-bond acceptors (Lipinski definition) is 7. The zero-order valence-electron chi connectivity index (χ0n) is 22.1. The molecule has 6 rings (SSSR count). The first-order valence-corrected chi connectivity index (χ1v) is 13.4. The molecular weight excluding hydrogens is 484 g/mol. The van der Waals surface area contributed by atoms with Gasteiger partial charge in [-0.1, -0.05) is 30.3 Å². The number of anilines is 1. The van der Waals surface area contributed by atoms with Gasteiger partial charge in [-0.3, -0.25) is 14.5 Å². The molecule has 8 heteroatoms. The van der Waals surface area contributed by atoms with Gasteiger partial charge in [0, 0.05) is 35.4 Å². The van der Waals surface area contributed by atoms with Gasteiger partial charge in [0.1, 0.15) is 5.75 Å². The maximum Gasteiger partial charge on any atom is 0.347 e. The van der Waals surface area contributed by atoms with E-state index in [1.54, 1.807) is 7.11 Å². The van der Waals surface area contributed by atoms with Crippen LogP contribution in [-0.4, -0.2) is 68.2 Å². The van der Waals surface area contributed by atoms with Crippen molar-refractivity contribution in [2.45, 2.75) is 62.6 Å². The fraction of sp³-hybridized carbons (Fsp3) is 0.500. The predicted octanol–water partition coefficient (Wildman–Crippen LogP) is 3.72. The maximum absolute atomic E-state index is 14.2. The molecule has 3 fully saturated rings. The standard InChI is InChI=1S/C30H34N2O6/c1-19(33)38-25(27(35)37-3)29-14-8-17-31-18-16-30(28(29)31)21-11-7-12-22(36-2)24(21)32(23(30)13-15-29)26(34)20-9-5-4-6-10-20/h4-7,9-12,23,25,28H,8,13-18H2,1-3H3. The lowest BCUT2D eigenvalue weighted by atomic mass is 9.51. The van der Waals surface area contributed by atoms with Crippen molar-refractivity contribution in [1.82, 2.24) is 4.90 Å². The molecule has 1 spiro atoms. The van der Waals surface area contributed by atoms with Gasteiger partial charge in [-0.15, -0.1) is 0 Å². The summed E-state index contributed by atoms with van der Waals surface area (Å²) in [7, 11) is 2.99. The number of esters is 2. The van der Waals surface area contributed by atoms with Gasteiger partial charge < -0.3 is 19.1 Å². The van der Waals surface area contributed by atoms with Crippen LogP contribution in [0, 0.1) is 5.41 Å². The molecule has 2 aromatic rings. The van der Waals surface area contributed by atoms with Gasteiger partial charge in [-0.25, -0.2) is 4.79 Å². The SMILES string of the molecule is COC(=O)C(OC(C)=O)C12CCCN3CCC4(c5cccc(OC)c5N(C(=O)c5ccccc5)C4CC1)C32. The molecule has 8 nitrogen and oxygen atoms in total. The molecule has 4 aliphatic rings. The van der Waals surface area contributed by atoms with Crippen molar-refractivity contribution in [3.63, 3.8) is 0 Å². The molecule has 1 aliphatic carbocycles. The number of nitrogens with zero attached hydrogens (tertiary/aromatic N) is 2. The van der Waals surface area contributed by atoms with Crippen LogP contribution in [0.3, 0.4) is 0 Å². The first kappa shape index (κ1) is 24.9. The van der Waals surface area contributed by atoms with E-state index in [0.717, 1.165) is 43.6 Å². The van der Waals surface area contributed by atoms with Gasteiger partial charge in [0.05, 0.1) is 19.9 Å². The zero-order chi connectivity index (χ0) is 26.7. The highest BCUT2D eigenvalue weighted by Crippen LogP contribution is 2.67. The summed E-state index contributed by atoms with van der Waals surface area (Å²) in [5.74, 6) is -0.386. The summed E-state index contributed by atoms with van der Waals surface area (Å²) in [6.45, 7) is 3.10. The summed E-state index contributed by atoms with van der Waals surface area (Å²) in [6, 6.07) is 15.2. The zero-order valence-corrected chi connectivity index (χ0v) is 22.1. The number of hydrogen-bond donors (Lipinski definition) is 0. The first-order valence-electron chi connectivity index (χ1n) is 13.4. The predicted molar refractivity (Wildman–Crippen MR) is 140 cm³/mol. The summed E-state index contributed by atoms with van der Waals surface area (Å²) in [6.07, 6.45) is 2.82. The van der Waals surface area contributed by atoms with Crippen molar-refractivity contribution in [2.75, 3.05) is 32.2 Å². The van der Waals surface area contributed by atoms with Crippen LogP contribution >= 0.6 is 0 Å². The number of methoxy groups -OCH3 is 2. The molecule has 5 unspecified atom stereocenters. The van der Waals surface area contributed by atoms with Crippen LogP contribution < -0.4 is 9.64 Å². The van der Waals surface area contributed by atoms with E-state index in [-0.39, 0.29) is 18.0 Å². The van der Waals surface area contributed by atoms with Gasteiger partial charge in [-0.05, 0) is 69.0 Å². The van der Waals surface area contributed by atoms with Crippen molar-refractivity contribution in [3.05, 3.63) is 59.7 Å².